The molecule has 1 aromatic carbocycles. The Bertz CT molecular complexity index is 529. The van der Waals surface area contributed by atoms with Crippen LogP contribution in [0.25, 0.3) is 11.0 Å². The highest BCUT2D eigenvalue weighted by Crippen LogP contribution is 2.17. The van der Waals surface area contributed by atoms with Crippen molar-refractivity contribution in [2.45, 2.75) is 13.3 Å². The Balaban J connectivity index is 2.68. The predicted molar refractivity (Wildman–Crippen MR) is 57.1 cm³/mol. The van der Waals surface area contributed by atoms with Crippen LogP contribution in [0.15, 0.2) is 18.2 Å². The highest BCUT2D eigenvalue weighted by molar-refractivity contribution is 5.92. The molecule has 0 atom stereocenters. The van der Waals surface area contributed by atoms with Gasteiger partial charge in [-0.3, -0.25) is 0 Å². The first-order valence-corrected chi connectivity index (χ1v) is 4.82. The summed E-state index contributed by atoms with van der Waals surface area (Å²) in [6.45, 7) is 2.03. The van der Waals surface area contributed by atoms with Crippen LogP contribution in [0.4, 0.5) is 0 Å². The van der Waals surface area contributed by atoms with Gasteiger partial charge in [-0.25, -0.2) is 9.78 Å². The largest absolute Gasteiger partial charge is 0.478 e. The molecule has 0 amide bonds. The lowest BCUT2D eigenvalue weighted by Crippen LogP contribution is -1.96. The SMILES string of the molecule is CCc1nc2cc(C(=O)O)ccc2n1C. The van der Waals surface area contributed by atoms with Crippen molar-refractivity contribution in [2.24, 2.45) is 7.05 Å². The number of nitrogens with zero attached hydrogens (tertiary/aromatic N) is 2. The summed E-state index contributed by atoms with van der Waals surface area (Å²) in [6.07, 6.45) is 0.841. The van der Waals surface area contributed by atoms with Crippen LogP contribution in [-0.4, -0.2) is 20.6 Å². The quantitative estimate of drug-likeness (QED) is 0.812. The number of hydrogen-bond acceptors (Lipinski definition) is 2. The van der Waals surface area contributed by atoms with E-state index in [2.05, 4.69) is 4.98 Å². The molecule has 0 saturated carbocycles. The highest BCUT2D eigenvalue weighted by atomic mass is 16.4. The van der Waals surface area contributed by atoms with Crippen LogP contribution in [0.5, 0.6) is 0 Å². The van der Waals surface area contributed by atoms with Gasteiger partial charge in [0.1, 0.15) is 5.82 Å². The van der Waals surface area contributed by atoms with Gasteiger partial charge in [-0.1, -0.05) is 6.92 Å². The van der Waals surface area contributed by atoms with Crippen LogP contribution in [-0.2, 0) is 13.5 Å². The average Bonchev–Trinajstić information content (AvgIpc) is 2.55. The third kappa shape index (κ3) is 1.48. The van der Waals surface area contributed by atoms with Crippen molar-refractivity contribution >= 4 is 17.0 Å². The maximum atomic E-state index is 10.8. The number of aromatic nitrogens is 2. The van der Waals surface area contributed by atoms with Crippen molar-refractivity contribution in [3.8, 4) is 0 Å². The van der Waals surface area contributed by atoms with E-state index < -0.39 is 5.97 Å². The van der Waals surface area contributed by atoms with Crippen LogP contribution in [0.2, 0.25) is 0 Å². The number of benzene rings is 1. The number of hydrogen-bond donors (Lipinski definition) is 1. The number of carboxylic acids is 1. The van der Waals surface area contributed by atoms with E-state index in [4.69, 9.17) is 5.11 Å². The highest BCUT2D eigenvalue weighted by Gasteiger charge is 2.09. The minimum Gasteiger partial charge on any atom is -0.478 e. The summed E-state index contributed by atoms with van der Waals surface area (Å²) in [4.78, 5) is 15.1. The summed E-state index contributed by atoms with van der Waals surface area (Å²) in [5.74, 6) is 0.0492. The van der Waals surface area contributed by atoms with Crippen LogP contribution in [0, 0.1) is 0 Å². The van der Waals surface area contributed by atoms with Gasteiger partial charge in [0.05, 0.1) is 16.6 Å². The van der Waals surface area contributed by atoms with Crippen LogP contribution in [0.3, 0.4) is 0 Å². The summed E-state index contributed by atoms with van der Waals surface area (Å²) in [6, 6.07) is 5.01. The van der Waals surface area contributed by atoms with Gasteiger partial charge in [0, 0.05) is 13.5 Å². The van der Waals surface area contributed by atoms with Crippen molar-refractivity contribution < 1.29 is 9.90 Å². The van der Waals surface area contributed by atoms with Crippen LogP contribution in [0.1, 0.15) is 23.1 Å². The number of aromatic carboxylic acids is 1. The predicted octanol–water partition coefficient (Wildman–Crippen LogP) is 1.83. The van der Waals surface area contributed by atoms with Crippen molar-refractivity contribution in [2.75, 3.05) is 0 Å². The van der Waals surface area contributed by atoms with Crippen molar-refractivity contribution in [1.82, 2.24) is 9.55 Å². The first-order valence-electron chi connectivity index (χ1n) is 4.82. The van der Waals surface area contributed by atoms with Gasteiger partial charge in [-0.05, 0) is 18.2 Å². The summed E-state index contributed by atoms with van der Waals surface area (Å²) in [5, 5.41) is 8.84. The van der Waals surface area contributed by atoms with Gasteiger partial charge < -0.3 is 9.67 Å². The zero-order chi connectivity index (χ0) is 11.0. The molecule has 4 heteroatoms. The molecule has 0 aliphatic carbocycles. The number of carbonyl (C=O) groups is 1. The second-order valence-corrected chi connectivity index (χ2v) is 3.45. The number of fused-ring (bicyclic) bond motifs is 1. The number of rotatable bonds is 2. The lowest BCUT2D eigenvalue weighted by atomic mass is 10.2. The Morgan fingerprint density at radius 1 is 1.53 bits per heavy atom. The molecular formula is C11H12N2O2. The van der Waals surface area contributed by atoms with Gasteiger partial charge in [-0.15, -0.1) is 0 Å². The Hall–Kier alpha value is -1.84. The fourth-order valence-electron chi connectivity index (χ4n) is 1.70. The zero-order valence-electron chi connectivity index (χ0n) is 8.69. The van der Waals surface area contributed by atoms with E-state index in [0.717, 1.165) is 23.3 Å². The summed E-state index contributed by atoms with van der Waals surface area (Å²) < 4.78 is 1.99. The molecule has 0 spiro atoms. The lowest BCUT2D eigenvalue weighted by molar-refractivity contribution is 0.0697. The van der Waals surface area contributed by atoms with E-state index in [1.54, 1.807) is 18.2 Å². The molecule has 1 aromatic heterocycles. The van der Waals surface area contributed by atoms with Gasteiger partial charge >= 0.3 is 5.97 Å². The molecule has 1 heterocycles. The van der Waals surface area contributed by atoms with Gasteiger partial charge in [0.25, 0.3) is 0 Å². The molecule has 0 unspecified atom stereocenters. The third-order valence-corrected chi connectivity index (χ3v) is 2.54. The Labute approximate surface area is 87.2 Å². The number of carboxylic acid groups (broad SMARTS) is 1. The molecule has 0 aliphatic rings. The fraction of sp³-hybridized carbons (Fsp3) is 0.273. The van der Waals surface area contributed by atoms with E-state index in [1.165, 1.54) is 0 Å². The van der Waals surface area contributed by atoms with Crippen LogP contribution < -0.4 is 0 Å². The van der Waals surface area contributed by atoms with Crippen molar-refractivity contribution in [3.63, 3.8) is 0 Å². The Morgan fingerprint density at radius 3 is 2.87 bits per heavy atom. The van der Waals surface area contributed by atoms with Crippen molar-refractivity contribution in [3.05, 3.63) is 29.6 Å². The molecule has 78 valence electrons. The molecule has 2 rings (SSSR count). The molecule has 0 bridgehead atoms. The number of imidazole rings is 1. The molecule has 0 fully saturated rings. The van der Waals surface area contributed by atoms with E-state index >= 15 is 0 Å². The molecule has 0 radical (unpaired) electrons. The molecular weight excluding hydrogens is 192 g/mol. The third-order valence-electron chi connectivity index (χ3n) is 2.54. The molecule has 0 saturated heterocycles. The summed E-state index contributed by atoms with van der Waals surface area (Å²) >= 11 is 0. The van der Waals surface area contributed by atoms with Gasteiger partial charge in [0.2, 0.25) is 0 Å². The van der Waals surface area contributed by atoms with E-state index in [9.17, 15) is 4.79 Å². The molecule has 4 nitrogen and oxygen atoms in total. The maximum Gasteiger partial charge on any atom is 0.335 e. The zero-order valence-corrected chi connectivity index (χ0v) is 8.69. The van der Waals surface area contributed by atoms with E-state index in [1.807, 2.05) is 18.5 Å². The van der Waals surface area contributed by atoms with Crippen LogP contribution >= 0.6 is 0 Å². The standard InChI is InChI=1S/C11H12N2O2/c1-3-10-12-8-6-7(11(14)15)4-5-9(8)13(10)2/h4-6H,3H2,1-2H3,(H,14,15). The van der Waals surface area contributed by atoms with E-state index in [-0.39, 0.29) is 5.56 Å². The van der Waals surface area contributed by atoms with E-state index in [0.29, 0.717) is 0 Å². The van der Waals surface area contributed by atoms with Crippen molar-refractivity contribution in [1.29, 1.82) is 0 Å². The van der Waals surface area contributed by atoms with Gasteiger partial charge in [-0.2, -0.15) is 0 Å². The lowest BCUT2D eigenvalue weighted by Gasteiger charge is -1.98. The summed E-state index contributed by atoms with van der Waals surface area (Å²) in [7, 11) is 1.94. The molecule has 0 aliphatic heterocycles. The number of aryl methyl sites for hydroxylation is 2. The average molecular weight is 204 g/mol. The summed E-state index contributed by atoms with van der Waals surface area (Å²) in [5.41, 5.74) is 1.99. The normalized spacial score (nSPS) is 10.8. The maximum absolute atomic E-state index is 10.8. The molecule has 2 aromatic rings. The Kier molecular flexibility index (Phi) is 2.19. The smallest absolute Gasteiger partial charge is 0.335 e. The first-order chi connectivity index (χ1) is 7.13. The molecule has 1 N–H and O–H groups in total. The second-order valence-electron chi connectivity index (χ2n) is 3.45. The Morgan fingerprint density at radius 2 is 2.27 bits per heavy atom. The van der Waals surface area contributed by atoms with Gasteiger partial charge in [0.15, 0.2) is 0 Å². The monoisotopic (exact) mass is 204 g/mol. The minimum atomic E-state index is -0.916. The first kappa shape index (κ1) is 9.71. The minimum absolute atomic E-state index is 0.281. The topological polar surface area (TPSA) is 55.1 Å². The molecule has 15 heavy (non-hydrogen) atoms. The second kappa shape index (κ2) is 3.38. The fourth-order valence-corrected chi connectivity index (χ4v) is 1.70.